The van der Waals surface area contributed by atoms with E-state index < -0.39 is 0 Å². The number of phenols is 1. The molecule has 0 saturated heterocycles. The van der Waals surface area contributed by atoms with Crippen LogP contribution in [0.2, 0.25) is 0 Å². The number of hydrogen-bond donors (Lipinski definition) is 1. The smallest absolute Gasteiger partial charge is 0.311 e. The average molecular weight is 507 g/mol. The van der Waals surface area contributed by atoms with Crippen LogP contribution in [-0.2, 0) is 15.6 Å². The lowest BCUT2D eigenvalue weighted by molar-refractivity contribution is -0.135. The lowest BCUT2D eigenvalue weighted by Crippen LogP contribution is -2.28. The van der Waals surface area contributed by atoms with Crippen LogP contribution in [0.15, 0.2) is 36.4 Å². The van der Waals surface area contributed by atoms with E-state index in [0.29, 0.717) is 23.3 Å². The second kappa shape index (κ2) is 10.8. The molecule has 5 nitrogen and oxygen atoms in total. The first-order valence-corrected chi connectivity index (χ1v) is 13.3. The Morgan fingerprint density at radius 3 is 2.03 bits per heavy atom. The Kier molecular flexibility index (Phi) is 8.36. The molecule has 1 aliphatic rings. The summed E-state index contributed by atoms with van der Waals surface area (Å²) in [6, 6.07) is 10.4. The molecule has 0 heterocycles. The van der Waals surface area contributed by atoms with E-state index in [9.17, 15) is 19.5 Å². The Bertz CT molecular complexity index is 1140. The molecule has 0 fully saturated rings. The summed E-state index contributed by atoms with van der Waals surface area (Å²) < 4.78 is 6.02. The highest BCUT2D eigenvalue weighted by Crippen LogP contribution is 2.42. The Morgan fingerprint density at radius 2 is 1.49 bits per heavy atom. The van der Waals surface area contributed by atoms with Gasteiger partial charge < -0.3 is 9.84 Å². The van der Waals surface area contributed by atoms with Crippen molar-refractivity contribution in [2.75, 3.05) is 0 Å². The third kappa shape index (κ3) is 6.68. The third-order valence-electron chi connectivity index (χ3n) is 7.63. The second-order valence-corrected chi connectivity index (χ2v) is 12.8. The van der Waals surface area contributed by atoms with Crippen LogP contribution >= 0.6 is 0 Å². The van der Waals surface area contributed by atoms with Gasteiger partial charge in [0.25, 0.3) is 0 Å². The largest absolute Gasteiger partial charge is 0.508 e. The topological polar surface area (TPSA) is 80.7 Å². The number of ketones is 2. The highest BCUT2D eigenvalue weighted by Gasteiger charge is 2.33. The van der Waals surface area contributed by atoms with Gasteiger partial charge in [-0.3, -0.25) is 14.4 Å². The van der Waals surface area contributed by atoms with Crippen LogP contribution in [0.4, 0.5) is 0 Å². The number of hydrogen-bond acceptors (Lipinski definition) is 5. The molecule has 37 heavy (non-hydrogen) atoms. The van der Waals surface area contributed by atoms with Gasteiger partial charge in [-0.1, -0.05) is 79.7 Å². The van der Waals surface area contributed by atoms with Gasteiger partial charge in [0.2, 0.25) is 0 Å². The molecule has 5 heteroatoms. The average Bonchev–Trinajstić information content (AvgIpc) is 2.79. The molecular weight excluding hydrogens is 464 g/mol. The predicted octanol–water partition coefficient (Wildman–Crippen LogP) is 7.42. The molecule has 0 aromatic heterocycles. The molecule has 0 aliphatic heterocycles. The molecule has 200 valence electrons. The number of phenolic OH excluding ortho intramolecular Hbond substituents is 1. The van der Waals surface area contributed by atoms with Gasteiger partial charge in [0, 0.05) is 41.0 Å². The van der Waals surface area contributed by atoms with Crippen LogP contribution in [-0.4, -0.2) is 22.6 Å². The maximum Gasteiger partial charge on any atom is 0.311 e. The van der Waals surface area contributed by atoms with Crippen LogP contribution in [0.5, 0.6) is 11.5 Å². The minimum atomic E-state index is -0.324. The number of Topliss-reactive ketones (excluding diaryl/α,β-unsaturated/α-hetero) is 2. The van der Waals surface area contributed by atoms with E-state index in [-0.39, 0.29) is 64.7 Å². The zero-order valence-corrected chi connectivity index (χ0v) is 23.6. The zero-order chi connectivity index (χ0) is 27.7. The van der Waals surface area contributed by atoms with Crippen molar-refractivity contribution in [1.29, 1.82) is 0 Å². The fourth-order valence-corrected chi connectivity index (χ4v) is 5.03. The molecule has 2 aromatic carbocycles. The first kappa shape index (κ1) is 28.6. The standard InChI is InChI=1S/C32H42O5/c1-19(13-14-21-16-27(34)23-11-9-10-12-24(23)29(21)36)20(2)15-28(35)37-30-25(31(3,4)5)17-22(33)18-26(30)32(6,7)8/h9-12,17-21,33H,13-16H2,1-8H3/t19-,20-,21?/m0/s1. The zero-order valence-electron chi connectivity index (χ0n) is 23.6. The van der Waals surface area contributed by atoms with Crippen LogP contribution in [0.1, 0.15) is 113 Å². The Labute approximate surface area is 221 Å². The quantitative estimate of drug-likeness (QED) is 0.312. The Balaban J connectivity index is 1.67. The first-order valence-electron chi connectivity index (χ1n) is 13.3. The molecule has 1 N–H and O–H groups in total. The molecule has 0 bridgehead atoms. The molecule has 3 rings (SSSR count). The first-order chi connectivity index (χ1) is 17.1. The molecule has 0 saturated carbocycles. The summed E-state index contributed by atoms with van der Waals surface area (Å²) in [5.74, 6) is 0.388. The van der Waals surface area contributed by atoms with Gasteiger partial charge in [-0.15, -0.1) is 0 Å². The summed E-state index contributed by atoms with van der Waals surface area (Å²) in [7, 11) is 0. The minimum Gasteiger partial charge on any atom is -0.508 e. The number of rotatable bonds is 7. The lowest BCUT2D eigenvalue weighted by Gasteiger charge is -2.30. The minimum absolute atomic E-state index is 0.0303. The highest BCUT2D eigenvalue weighted by molar-refractivity contribution is 6.14. The number of fused-ring (bicyclic) bond motifs is 1. The van der Waals surface area contributed by atoms with E-state index in [0.717, 1.165) is 17.5 Å². The predicted molar refractivity (Wildman–Crippen MR) is 147 cm³/mol. The van der Waals surface area contributed by atoms with Crippen molar-refractivity contribution in [1.82, 2.24) is 0 Å². The molecule has 0 amide bonds. The molecule has 1 unspecified atom stereocenters. The van der Waals surface area contributed by atoms with E-state index in [1.165, 1.54) is 0 Å². The van der Waals surface area contributed by atoms with Gasteiger partial charge >= 0.3 is 5.97 Å². The molecule has 1 aliphatic carbocycles. The van der Waals surface area contributed by atoms with Crippen LogP contribution in [0.25, 0.3) is 0 Å². The van der Waals surface area contributed by atoms with Crippen LogP contribution in [0, 0.1) is 17.8 Å². The Hall–Kier alpha value is -2.95. The fourth-order valence-electron chi connectivity index (χ4n) is 5.03. The number of esters is 1. The van der Waals surface area contributed by atoms with Gasteiger partial charge in [-0.05, 0) is 47.6 Å². The summed E-state index contributed by atoms with van der Waals surface area (Å²) in [4.78, 5) is 38.6. The molecule has 0 spiro atoms. The highest BCUT2D eigenvalue weighted by atomic mass is 16.5. The third-order valence-corrected chi connectivity index (χ3v) is 7.63. The number of aromatic hydroxyl groups is 1. The molecule has 3 atom stereocenters. The van der Waals surface area contributed by atoms with Crippen molar-refractivity contribution in [3.8, 4) is 11.5 Å². The van der Waals surface area contributed by atoms with E-state index in [4.69, 9.17) is 4.74 Å². The summed E-state index contributed by atoms with van der Waals surface area (Å²) in [5.41, 5.74) is 2.02. The number of carbonyl (C=O) groups excluding carboxylic acids is 3. The SMILES string of the molecule is C[C@@H](CCC1CC(=O)c2ccccc2C1=O)[C@@H](C)CC(=O)Oc1c(C(C)(C)C)cc(O)cc1C(C)(C)C. The maximum atomic E-state index is 13.1. The van der Waals surface area contributed by atoms with Crippen molar-refractivity contribution in [2.45, 2.75) is 91.9 Å². The van der Waals surface area contributed by atoms with E-state index >= 15 is 0 Å². The summed E-state index contributed by atoms with van der Waals surface area (Å²) in [5, 5.41) is 10.4. The van der Waals surface area contributed by atoms with Crippen molar-refractivity contribution in [3.05, 3.63) is 58.7 Å². The maximum absolute atomic E-state index is 13.1. The van der Waals surface area contributed by atoms with E-state index in [2.05, 4.69) is 6.92 Å². The van der Waals surface area contributed by atoms with E-state index in [1.54, 1.807) is 36.4 Å². The fraction of sp³-hybridized carbons (Fsp3) is 0.531. The Morgan fingerprint density at radius 1 is 0.946 bits per heavy atom. The van der Waals surface area contributed by atoms with Gasteiger partial charge in [-0.25, -0.2) is 0 Å². The van der Waals surface area contributed by atoms with Gasteiger partial charge in [-0.2, -0.15) is 0 Å². The summed E-state index contributed by atoms with van der Waals surface area (Å²) >= 11 is 0. The normalized spacial score (nSPS) is 17.8. The second-order valence-electron chi connectivity index (χ2n) is 12.8. The van der Waals surface area contributed by atoms with Crippen molar-refractivity contribution in [3.63, 3.8) is 0 Å². The monoisotopic (exact) mass is 506 g/mol. The number of carbonyl (C=O) groups is 3. The number of ether oxygens (including phenoxy) is 1. The van der Waals surface area contributed by atoms with Gasteiger partial charge in [0.15, 0.2) is 11.6 Å². The summed E-state index contributed by atoms with van der Waals surface area (Å²) in [6.45, 7) is 16.3. The molecule has 2 aromatic rings. The van der Waals surface area contributed by atoms with Crippen molar-refractivity contribution in [2.24, 2.45) is 17.8 Å². The van der Waals surface area contributed by atoms with Crippen LogP contribution < -0.4 is 4.74 Å². The van der Waals surface area contributed by atoms with Gasteiger partial charge in [0.05, 0.1) is 0 Å². The van der Waals surface area contributed by atoms with Crippen molar-refractivity contribution >= 4 is 17.5 Å². The van der Waals surface area contributed by atoms with E-state index in [1.807, 2.05) is 48.5 Å². The van der Waals surface area contributed by atoms with Gasteiger partial charge in [0.1, 0.15) is 11.5 Å². The molecule has 0 radical (unpaired) electrons. The number of benzene rings is 2. The van der Waals surface area contributed by atoms with Crippen LogP contribution in [0.3, 0.4) is 0 Å². The lowest BCUT2D eigenvalue weighted by atomic mass is 9.77. The van der Waals surface area contributed by atoms with Crippen molar-refractivity contribution < 1.29 is 24.2 Å². The summed E-state index contributed by atoms with van der Waals surface area (Å²) in [6.07, 6.45) is 1.88. The molecular formula is C32H42O5.